The van der Waals surface area contributed by atoms with Gasteiger partial charge in [-0.1, -0.05) is 0 Å². The number of nitrogens with two attached hydrogens (primary N) is 1. The SMILES string of the molecule is CC(=O)NCC1CCN(C(=O)c2csc(CCN)n2)CC1. The Morgan fingerprint density at radius 2 is 2.19 bits per heavy atom. The summed E-state index contributed by atoms with van der Waals surface area (Å²) in [5, 5.41) is 5.58. The lowest BCUT2D eigenvalue weighted by Crippen LogP contribution is -2.41. The standard InChI is InChI=1S/C14H22N4O2S/c1-10(19)16-8-11-3-6-18(7-4-11)14(20)12-9-21-13(17-12)2-5-15/h9,11H,2-8,15H2,1H3,(H,16,19). The largest absolute Gasteiger partial charge is 0.356 e. The first-order valence-corrected chi connectivity index (χ1v) is 8.16. The maximum Gasteiger partial charge on any atom is 0.273 e. The van der Waals surface area contributed by atoms with Crippen LogP contribution in [0.15, 0.2) is 5.38 Å². The van der Waals surface area contributed by atoms with E-state index in [0.29, 0.717) is 24.7 Å². The number of aromatic nitrogens is 1. The second kappa shape index (κ2) is 7.51. The van der Waals surface area contributed by atoms with Gasteiger partial charge in [0.05, 0.1) is 5.01 Å². The molecule has 1 saturated heterocycles. The normalized spacial score (nSPS) is 16.0. The van der Waals surface area contributed by atoms with Crippen LogP contribution in [-0.4, -0.2) is 47.9 Å². The number of carbonyl (C=O) groups is 2. The van der Waals surface area contributed by atoms with E-state index in [1.54, 1.807) is 0 Å². The molecule has 0 saturated carbocycles. The van der Waals surface area contributed by atoms with Gasteiger partial charge in [0.15, 0.2) is 0 Å². The molecule has 1 aromatic heterocycles. The van der Waals surface area contributed by atoms with Crippen LogP contribution in [0.1, 0.15) is 35.3 Å². The van der Waals surface area contributed by atoms with E-state index in [2.05, 4.69) is 10.3 Å². The van der Waals surface area contributed by atoms with Crippen LogP contribution < -0.4 is 11.1 Å². The van der Waals surface area contributed by atoms with Crippen molar-refractivity contribution in [1.29, 1.82) is 0 Å². The molecule has 6 nitrogen and oxygen atoms in total. The van der Waals surface area contributed by atoms with Crippen LogP contribution in [0, 0.1) is 5.92 Å². The first-order valence-electron chi connectivity index (χ1n) is 7.28. The topological polar surface area (TPSA) is 88.3 Å². The highest BCUT2D eigenvalue weighted by Gasteiger charge is 2.25. The predicted octanol–water partition coefficient (Wildman–Crippen LogP) is 0.633. The smallest absolute Gasteiger partial charge is 0.273 e. The molecule has 1 aliphatic heterocycles. The third-order valence-corrected chi connectivity index (χ3v) is 4.58. The Bertz CT molecular complexity index is 495. The van der Waals surface area contributed by atoms with Crippen LogP contribution in [0.4, 0.5) is 0 Å². The van der Waals surface area contributed by atoms with Gasteiger partial charge in [-0.3, -0.25) is 9.59 Å². The van der Waals surface area contributed by atoms with Gasteiger partial charge in [-0.05, 0) is 25.3 Å². The van der Waals surface area contributed by atoms with Crippen molar-refractivity contribution in [3.63, 3.8) is 0 Å². The van der Waals surface area contributed by atoms with Crippen LogP contribution in [0.5, 0.6) is 0 Å². The zero-order valence-electron chi connectivity index (χ0n) is 12.3. The summed E-state index contributed by atoms with van der Waals surface area (Å²) in [6, 6.07) is 0. The van der Waals surface area contributed by atoms with Crippen molar-refractivity contribution in [3.8, 4) is 0 Å². The maximum absolute atomic E-state index is 12.4. The molecule has 116 valence electrons. The van der Waals surface area contributed by atoms with Crippen LogP contribution in [0.2, 0.25) is 0 Å². The van der Waals surface area contributed by atoms with Crippen LogP contribution in [0.3, 0.4) is 0 Å². The van der Waals surface area contributed by atoms with Crippen LogP contribution in [-0.2, 0) is 11.2 Å². The molecule has 1 aromatic rings. The summed E-state index contributed by atoms with van der Waals surface area (Å²) in [4.78, 5) is 29.5. The monoisotopic (exact) mass is 310 g/mol. The van der Waals surface area contributed by atoms with E-state index < -0.39 is 0 Å². The fourth-order valence-electron chi connectivity index (χ4n) is 2.44. The zero-order valence-corrected chi connectivity index (χ0v) is 13.1. The Morgan fingerprint density at radius 1 is 1.48 bits per heavy atom. The van der Waals surface area contributed by atoms with Gasteiger partial charge >= 0.3 is 0 Å². The number of thiazole rings is 1. The summed E-state index contributed by atoms with van der Waals surface area (Å²) in [7, 11) is 0. The quantitative estimate of drug-likeness (QED) is 0.835. The van der Waals surface area contributed by atoms with Crippen molar-refractivity contribution in [2.45, 2.75) is 26.2 Å². The van der Waals surface area contributed by atoms with E-state index in [9.17, 15) is 9.59 Å². The number of likely N-dealkylation sites (tertiary alicyclic amines) is 1. The van der Waals surface area contributed by atoms with E-state index in [1.807, 2.05) is 10.3 Å². The lowest BCUT2D eigenvalue weighted by molar-refractivity contribution is -0.119. The van der Waals surface area contributed by atoms with Crippen LogP contribution in [0.25, 0.3) is 0 Å². The Hall–Kier alpha value is -1.47. The molecule has 7 heteroatoms. The van der Waals surface area contributed by atoms with Gasteiger partial charge in [0, 0.05) is 38.4 Å². The molecule has 0 aliphatic carbocycles. The van der Waals surface area contributed by atoms with Gasteiger partial charge in [0.25, 0.3) is 5.91 Å². The van der Waals surface area contributed by atoms with Gasteiger partial charge < -0.3 is 16.0 Å². The van der Waals surface area contributed by atoms with Gasteiger partial charge in [-0.25, -0.2) is 4.98 Å². The number of nitrogens with one attached hydrogen (secondary N) is 1. The molecule has 0 unspecified atom stereocenters. The predicted molar refractivity (Wildman–Crippen MR) is 82.2 cm³/mol. The number of nitrogens with zero attached hydrogens (tertiary/aromatic N) is 2. The number of amides is 2. The second-order valence-electron chi connectivity index (χ2n) is 5.34. The van der Waals surface area contributed by atoms with Gasteiger partial charge in [0.2, 0.25) is 5.91 Å². The first kappa shape index (κ1) is 15.9. The average Bonchev–Trinajstić information content (AvgIpc) is 2.94. The van der Waals surface area contributed by atoms with E-state index >= 15 is 0 Å². The van der Waals surface area contributed by atoms with E-state index in [-0.39, 0.29) is 11.8 Å². The Balaban J connectivity index is 1.83. The first-order chi connectivity index (χ1) is 10.1. The van der Waals surface area contributed by atoms with Crippen molar-refractivity contribution >= 4 is 23.2 Å². The summed E-state index contributed by atoms with van der Waals surface area (Å²) in [5.41, 5.74) is 6.03. The molecule has 2 heterocycles. The van der Waals surface area contributed by atoms with Crippen molar-refractivity contribution in [2.24, 2.45) is 11.7 Å². The van der Waals surface area contributed by atoms with Crippen molar-refractivity contribution < 1.29 is 9.59 Å². The minimum absolute atomic E-state index is 0.00316. The lowest BCUT2D eigenvalue weighted by atomic mass is 9.96. The highest BCUT2D eigenvalue weighted by Crippen LogP contribution is 2.19. The molecule has 1 fully saturated rings. The summed E-state index contributed by atoms with van der Waals surface area (Å²) < 4.78 is 0. The molecule has 3 N–H and O–H groups in total. The third-order valence-electron chi connectivity index (χ3n) is 3.67. The minimum Gasteiger partial charge on any atom is -0.356 e. The molecule has 21 heavy (non-hydrogen) atoms. The molecule has 2 rings (SSSR count). The highest BCUT2D eigenvalue weighted by atomic mass is 32.1. The Kier molecular flexibility index (Phi) is 5.69. The number of rotatable bonds is 5. The zero-order chi connectivity index (χ0) is 15.2. The molecular formula is C14H22N4O2S. The fourth-order valence-corrected chi connectivity index (χ4v) is 3.23. The maximum atomic E-state index is 12.4. The number of hydrogen-bond acceptors (Lipinski definition) is 5. The Labute approximate surface area is 128 Å². The molecule has 2 amide bonds. The number of hydrogen-bond donors (Lipinski definition) is 2. The molecular weight excluding hydrogens is 288 g/mol. The van der Waals surface area contributed by atoms with E-state index in [1.165, 1.54) is 18.3 Å². The van der Waals surface area contributed by atoms with Gasteiger partial charge in [-0.2, -0.15) is 0 Å². The summed E-state index contributed by atoms with van der Waals surface area (Å²) in [6.45, 7) is 4.24. The molecule has 0 spiro atoms. The van der Waals surface area contributed by atoms with Crippen LogP contribution >= 0.6 is 11.3 Å². The second-order valence-corrected chi connectivity index (χ2v) is 6.28. The van der Waals surface area contributed by atoms with Crippen molar-refractivity contribution in [1.82, 2.24) is 15.2 Å². The molecule has 0 radical (unpaired) electrons. The molecule has 0 atom stereocenters. The minimum atomic E-state index is 0.00316. The summed E-state index contributed by atoms with van der Waals surface area (Å²) in [6.07, 6.45) is 2.56. The highest BCUT2D eigenvalue weighted by molar-refractivity contribution is 7.09. The lowest BCUT2D eigenvalue weighted by Gasteiger charge is -2.31. The molecule has 0 bridgehead atoms. The average molecular weight is 310 g/mol. The summed E-state index contributed by atoms with van der Waals surface area (Å²) in [5.74, 6) is 0.470. The molecule has 0 aromatic carbocycles. The van der Waals surface area contributed by atoms with Crippen molar-refractivity contribution in [2.75, 3.05) is 26.2 Å². The number of carbonyl (C=O) groups excluding carboxylic acids is 2. The number of piperidine rings is 1. The van der Waals surface area contributed by atoms with E-state index in [4.69, 9.17) is 5.73 Å². The van der Waals surface area contributed by atoms with Crippen molar-refractivity contribution in [3.05, 3.63) is 16.1 Å². The van der Waals surface area contributed by atoms with E-state index in [0.717, 1.165) is 37.4 Å². The van der Waals surface area contributed by atoms with Gasteiger partial charge in [0.1, 0.15) is 5.69 Å². The third kappa shape index (κ3) is 4.50. The molecule has 1 aliphatic rings. The fraction of sp³-hybridized carbons (Fsp3) is 0.643. The van der Waals surface area contributed by atoms with Gasteiger partial charge in [-0.15, -0.1) is 11.3 Å². The Morgan fingerprint density at radius 3 is 2.81 bits per heavy atom. The summed E-state index contributed by atoms with van der Waals surface area (Å²) >= 11 is 1.49.